The summed E-state index contributed by atoms with van der Waals surface area (Å²) in [6.45, 7) is 4.47. The molecule has 39 heavy (non-hydrogen) atoms. The maximum atomic E-state index is 13.3. The second kappa shape index (κ2) is 7.99. The summed E-state index contributed by atoms with van der Waals surface area (Å²) in [6.07, 6.45) is 7.17. The number of fused-ring (bicyclic) bond motifs is 2. The van der Waals surface area contributed by atoms with E-state index < -0.39 is 15.6 Å². The van der Waals surface area contributed by atoms with Gasteiger partial charge in [0.15, 0.2) is 11.5 Å². The lowest BCUT2D eigenvalue weighted by atomic mass is 9.35. The molecule has 2 aromatic carbocycles. The van der Waals surface area contributed by atoms with Gasteiger partial charge in [-0.15, -0.1) is 0 Å². The fourth-order valence-corrected chi connectivity index (χ4v) is 10.9. The van der Waals surface area contributed by atoms with Crippen molar-refractivity contribution >= 4 is 10.0 Å². The quantitative estimate of drug-likeness (QED) is 0.544. The third-order valence-corrected chi connectivity index (χ3v) is 13.1. The lowest BCUT2D eigenvalue weighted by molar-refractivity contribution is -0.275. The average molecular weight is 551 g/mol. The summed E-state index contributed by atoms with van der Waals surface area (Å²) in [4.78, 5) is 3.06. The Kier molecular flexibility index (Phi) is 5.05. The van der Waals surface area contributed by atoms with Crippen LogP contribution >= 0.6 is 0 Å². The van der Waals surface area contributed by atoms with Crippen LogP contribution in [0.2, 0.25) is 0 Å². The van der Waals surface area contributed by atoms with E-state index in [0.29, 0.717) is 23.2 Å². The number of rotatable bonds is 7. The summed E-state index contributed by atoms with van der Waals surface area (Å²) < 4.78 is 43.0. The highest BCUT2D eigenvalue weighted by molar-refractivity contribution is 7.89. The number of nitrogens with one attached hydrogen (secondary N) is 1. The van der Waals surface area contributed by atoms with Crippen LogP contribution in [0, 0.1) is 24.2 Å². The van der Waals surface area contributed by atoms with Gasteiger partial charge in [-0.3, -0.25) is 4.90 Å². The van der Waals surface area contributed by atoms with E-state index in [9.17, 15) is 13.5 Å². The van der Waals surface area contributed by atoms with Crippen molar-refractivity contribution in [3.63, 3.8) is 0 Å². The predicted octanol–water partition coefficient (Wildman–Crippen LogP) is 3.90. The number of hydrogen-bond acceptors (Lipinski definition) is 6. The predicted molar refractivity (Wildman–Crippen MR) is 146 cm³/mol. The summed E-state index contributed by atoms with van der Waals surface area (Å²) in [7, 11) is -1.89. The molecule has 7 nitrogen and oxygen atoms in total. The van der Waals surface area contributed by atoms with Crippen molar-refractivity contribution in [1.82, 2.24) is 9.62 Å². The van der Waals surface area contributed by atoms with Crippen LogP contribution in [0.1, 0.15) is 55.2 Å². The Morgan fingerprint density at radius 1 is 1.13 bits per heavy atom. The molecule has 1 saturated heterocycles. The van der Waals surface area contributed by atoms with E-state index in [1.807, 2.05) is 19.1 Å². The molecule has 0 amide bonds. The highest BCUT2D eigenvalue weighted by atomic mass is 32.2. The molecule has 4 saturated carbocycles. The Morgan fingerprint density at radius 2 is 1.92 bits per heavy atom. The third kappa shape index (κ3) is 3.06. The Bertz CT molecular complexity index is 1460. The number of phenols is 1. The van der Waals surface area contributed by atoms with Crippen molar-refractivity contribution in [3.8, 4) is 11.5 Å². The molecule has 8 heteroatoms. The molecule has 2 aliphatic heterocycles. The number of piperidine rings is 1. The van der Waals surface area contributed by atoms with Crippen LogP contribution < -0.4 is 9.46 Å². The number of likely N-dealkylation sites (tertiary alicyclic amines) is 1. The van der Waals surface area contributed by atoms with Crippen LogP contribution in [0.3, 0.4) is 0 Å². The molecule has 2 N–H and O–H groups in total. The highest BCUT2D eigenvalue weighted by Gasteiger charge is 2.80. The molecule has 0 aromatic heterocycles. The maximum Gasteiger partial charge on any atom is 0.240 e. The molecule has 0 radical (unpaired) electrons. The number of phenolic OH excluding ortho intramolecular Hbond substituents is 1. The first kappa shape index (κ1) is 24.6. The molecular weight excluding hydrogens is 512 g/mol. The highest BCUT2D eigenvalue weighted by Crippen LogP contribution is 2.76. The smallest absolute Gasteiger partial charge is 0.240 e. The van der Waals surface area contributed by atoms with Crippen molar-refractivity contribution in [3.05, 3.63) is 53.1 Å². The third-order valence-electron chi connectivity index (χ3n) is 11.7. The number of methoxy groups -OCH3 is 1. The summed E-state index contributed by atoms with van der Waals surface area (Å²) in [5.74, 6) is 1.65. The Labute approximate surface area is 230 Å². The lowest BCUT2D eigenvalue weighted by Gasteiger charge is -2.74. The first-order valence-electron chi connectivity index (χ1n) is 14.6. The van der Waals surface area contributed by atoms with Crippen LogP contribution in [0.5, 0.6) is 11.5 Å². The number of benzene rings is 2. The van der Waals surface area contributed by atoms with Gasteiger partial charge in [0.1, 0.15) is 11.7 Å². The SMILES string of the molecule is CO[C@]12CC[C@@]3(C[C@@H]1CNS(=O)(=O)c1ccc(C)cc1)[C@H]1Cc4ccc(O)c5c4[C@@]3(CCN1CC1CC1)[C@H]2O5. The number of hydrogen-bond donors (Lipinski definition) is 2. The number of ether oxygens (including phenoxy) is 2. The van der Waals surface area contributed by atoms with E-state index in [1.165, 1.54) is 24.0 Å². The molecule has 6 atom stereocenters. The van der Waals surface area contributed by atoms with Crippen molar-refractivity contribution in [1.29, 1.82) is 0 Å². The molecule has 5 fully saturated rings. The zero-order valence-corrected chi connectivity index (χ0v) is 23.6. The van der Waals surface area contributed by atoms with Gasteiger partial charge in [0.05, 0.1) is 4.90 Å². The van der Waals surface area contributed by atoms with Gasteiger partial charge < -0.3 is 14.6 Å². The topological polar surface area (TPSA) is 88.1 Å². The lowest BCUT2D eigenvalue weighted by Crippen LogP contribution is -2.81. The number of sulfonamides is 1. The van der Waals surface area contributed by atoms with Gasteiger partial charge in [-0.1, -0.05) is 23.8 Å². The van der Waals surface area contributed by atoms with E-state index in [4.69, 9.17) is 9.47 Å². The van der Waals surface area contributed by atoms with Gasteiger partial charge in [0.25, 0.3) is 0 Å². The maximum absolute atomic E-state index is 13.3. The minimum atomic E-state index is -3.66. The van der Waals surface area contributed by atoms with Gasteiger partial charge in [-0.05, 0) is 88.1 Å². The normalized spacial score (nSPS) is 37.9. The van der Waals surface area contributed by atoms with Crippen LogP contribution in [-0.2, 0) is 26.6 Å². The molecule has 4 bridgehead atoms. The van der Waals surface area contributed by atoms with E-state index in [2.05, 4.69) is 15.7 Å². The number of aryl methyl sites for hydroxylation is 1. The summed E-state index contributed by atoms with van der Waals surface area (Å²) >= 11 is 0. The molecule has 2 spiro atoms. The minimum absolute atomic E-state index is 0.0307. The van der Waals surface area contributed by atoms with Gasteiger partial charge in [-0.25, -0.2) is 13.1 Å². The standard InChI is InChI=1S/C31H38N2O5S/c1-19-3-8-23(9-4-19)39(35,36)32-17-22-16-29-11-12-31(22,37-2)28-30(29)13-14-33(18-20-5-6-20)25(29)15-21-7-10-24(34)27(38-28)26(21)30/h3-4,7-10,20,22,25,28,32,34H,5-6,11-18H2,1-2H3/t22-,25-,28-,29-,30+,31-/m1/s1. The number of nitrogens with zero attached hydrogens (tertiary/aromatic N) is 1. The van der Waals surface area contributed by atoms with E-state index in [0.717, 1.165) is 56.7 Å². The van der Waals surface area contributed by atoms with Gasteiger partial charge in [0, 0.05) is 48.6 Å². The van der Waals surface area contributed by atoms with Gasteiger partial charge in [-0.2, -0.15) is 0 Å². The fourth-order valence-electron chi connectivity index (χ4n) is 9.80. The van der Waals surface area contributed by atoms with Gasteiger partial charge in [0.2, 0.25) is 10.0 Å². The van der Waals surface area contributed by atoms with E-state index in [1.54, 1.807) is 25.3 Å². The minimum Gasteiger partial charge on any atom is -0.504 e. The van der Waals surface area contributed by atoms with Crippen LogP contribution in [0.15, 0.2) is 41.3 Å². The second-order valence-corrected chi connectivity index (χ2v) is 15.0. The van der Waals surface area contributed by atoms with Gasteiger partial charge >= 0.3 is 0 Å². The molecule has 0 unspecified atom stereocenters. The Hall–Kier alpha value is -2.13. The molecule has 9 rings (SSSR count). The Morgan fingerprint density at radius 3 is 2.67 bits per heavy atom. The summed E-state index contributed by atoms with van der Waals surface area (Å²) in [6, 6.07) is 11.3. The van der Waals surface area contributed by atoms with Crippen LogP contribution in [-0.4, -0.2) is 62.9 Å². The first-order valence-corrected chi connectivity index (χ1v) is 16.1. The van der Waals surface area contributed by atoms with Crippen molar-refractivity contribution in [2.75, 3.05) is 26.7 Å². The van der Waals surface area contributed by atoms with E-state index >= 15 is 0 Å². The largest absolute Gasteiger partial charge is 0.504 e. The summed E-state index contributed by atoms with van der Waals surface area (Å²) in [5.41, 5.74) is 2.71. The molecule has 2 aromatic rings. The Balaban J connectivity index is 1.22. The van der Waals surface area contributed by atoms with Crippen molar-refractivity contribution < 1.29 is 23.0 Å². The van der Waals surface area contributed by atoms with E-state index in [-0.39, 0.29) is 28.6 Å². The van der Waals surface area contributed by atoms with Crippen LogP contribution in [0.4, 0.5) is 0 Å². The molecule has 208 valence electrons. The zero-order valence-electron chi connectivity index (χ0n) is 22.8. The zero-order chi connectivity index (χ0) is 26.8. The summed E-state index contributed by atoms with van der Waals surface area (Å²) in [5, 5.41) is 11.0. The molecule has 5 aliphatic carbocycles. The monoisotopic (exact) mass is 550 g/mol. The molecule has 2 heterocycles. The van der Waals surface area contributed by atoms with Crippen molar-refractivity contribution in [2.24, 2.45) is 17.3 Å². The second-order valence-electron chi connectivity index (χ2n) is 13.2. The average Bonchev–Trinajstić information content (AvgIpc) is 3.67. The van der Waals surface area contributed by atoms with Crippen LogP contribution in [0.25, 0.3) is 0 Å². The molecular formula is C31H38N2O5S. The molecule has 7 aliphatic rings. The van der Waals surface area contributed by atoms with Crippen molar-refractivity contribution in [2.45, 2.75) is 79.9 Å². The fraction of sp³-hybridized carbons (Fsp3) is 0.613. The number of aromatic hydroxyl groups is 1. The first-order chi connectivity index (χ1) is 18.7.